The van der Waals surface area contributed by atoms with Gasteiger partial charge in [0, 0.05) is 31.2 Å². The number of amides is 1. The fourth-order valence-corrected chi connectivity index (χ4v) is 3.64. The molecule has 0 saturated carbocycles. The van der Waals surface area contributed by atoms with Gasteiger partial charge >= 0.3 is 6.61 Å². The molecule has 1 aliphatic rings. The lowest BCUT2D eigenvalue weighted by Gasteiger charge is -2.38. The minimum absolute atomic E-state index is 0.153. The Labute approximate surface area is 165 Å². The van der Waals surface area contributed by atoms with Gasteiger partial charge in [-0.1, -0.05) is 26.7 Å². The molecule has 1 heterocycles. The van der Waals surface area contributed by atoms with E-state index in [9.17, 15) is 13.6 Å². The maximum Gasteiger partial charge on any atom is 0.387 e. The standard InChI is InChI=1S/C20H30F2N2O4/c1-4-14(5-2)16(24-8-10-27-11-9-24)13-23-19(25)15-6-7-17(26-3)18(12-15)28-20(21)22/h6-7,12,14,16,20H,4-5,8-11,13H2,1-3H3,(H,23,25). The lowest BCUT2D eigenvalue weighted by molar-refractivity contribution is -0.0512. The first-order valence-electron chi connectivity index (χ1n) is 9.72. The highest BCUT2D eigenvalue weighted by molar-refractivity contribution is 5.94. The second-order valence-electron chi connectivity index (χ2n) is 6.75. The van der Waals surface area contributed by atoms with Crippen LogP contribution in [0.3, 0.4) is 0 Å². The quantitative estimate of drug-likeness (QED) is 0.654. The van der Waals surface area contributed by atoms with Crippen LogP contribution in [0.1, 0.15) is 37.0 Å². The molecule has 0 radical (unpaired) electrons. The molecule has 1 aromatic carbocycles. The summed E-state index contributed by atoms with van der Waals surface area (Å²) in [4.78, 5) is 15.0. The number of rotatable bonds is 10. The molecule has 8 heteroatoms. The van der Waals surface area contributed by atoms with E-state index in [0.717, 1.165) is 25.9 Å². The van der Waals surface area contributed by atoms with Crippen LogP contribution in [0.2, 0.25) is 0 Å². The van der Waals surface area contributed by atoms with E-state index in [1.54, 1.807) is 0 Å². The zero-order valence-electron chi connectivity index (χ0n) is 16.7. The number of hydrogen-bond donors (Lipinski definition) is 1. The molecule has 2 rings (SSSR count). The van der Waals surface area contributed by atoms with E-state index in [-0.39, 0.29) is 29.0 Å². The van der Waals surface area contributed by atoms with Gasteiger partial charge in [-0.15, -0.1) is 0 Å². The maximum absolute atomic E-state index is 12.6. The normalized spacial score (nSPS) is 16.2. The number of ether oxygens (including phenoxy) is 3. The molecular weight excluding hydrogens is 370 g/mol. The second kappa shape index (κ2) is 11.2. The van der Waals surface area contributed by atoms with Gasteiger partial charge in [-0.2, -0.15) is 8.78 Å². The van der Waals surface area contributed by atoms with Gasteiger partial charge in [-0.05, 0) is 24.1 Å². The average Bonchev–Trinajstić information content (AvgIpc) is 2.71. The average molecular weight is 400 g/mol. The Morgan fingerprint density at radius 3 is 2.46 bits per heavy atom. The van der Waals surface area contributed by atoms with Crippen molar-refractivity contribution < 1.29 is 27.8 Å². The first-order chi connectivity index (χ1) is 13.5. The fraction of sp³-hybridized carbons (Fsp3) is 0.650. The van der Waals surface area contributed by atoms with Gasteiger partial charge in [0.2, 0.25) is 0 Å². The molecule has 1 aliphatic heterocycles. The fourth-order valence-electron chi connectivity index (χ4n) is 3.64. The zero-order chi connectivity index (χ0) is 20.5. The van der Waals surface area contributed by atoms with Gasteiger partial charge in [0.25, 0.3) is 5.91 Å². The highest BCUT2D eigenvalue weighted by Gasteiger charge is 2.27. The topological polar surface area (TPSA) is 60.0 Å². The molecule has 0 bridgehead atoms. The van der Waals surface area contributed by atoms with Gasteiger partial charge < -0.3 is 19.5 Å². The summed E-state index contributed by atoms with van der Waals surface area (Å²) in [6, 6.07) is 4.47. The van der Waals surface area contributed by atoms with Crippen molar-refractivity contribution in [3.8, 4) is 11.5 Å². The van der Waals surface area contributed by atoms with Crippen molar-refractivity contribution in [3.63, 3.8) is 0 Å². The smallest absolute Gasteiger partial charge is 0.387 e. The van der Waals surface area contributed by atoms with E-state index >= 15 is 0 Å². The number of hydrogen-bond acceptors (Lipinski definition) is 5. The van der Waals surface area contributed by atoms with Crippen LogP contribution < -0.4 is 14.8 Å². The van der Waals surface area contributed by atoms with Crippen LogP contribution in [-0.4, -0.2) is 63.4 Å². The van der Waals surface area contributed by atoms with Crippen LogP contribution in [0, 0.1) is 5.92 Å². The molecule has 1 amide bonds. The molecule has 1 aromatic rings. The Morgan fingerprint density at radius 1 is 1.21 bits per heavy atom. The number of methoxy groups -OCH3 is 1. The molecule has 158 valence electrons. The Hall–Kier alpha value is -1.93. The lowest BCUT2D eigenvalue weighted by Crippen LogP contribution is -2.52. The van der Waals surface area contributed by atoms with Crippen molar-refractivity contribution in [2.45, 2.75) is 39.3 Å². The summed E-state index contributed by atoms with van der Waals surface area (Å²) in [7, 11) is 1.36. The van der Waals surface area contributed by atoms with Crippen molar-refractivity contribution in [3.05, 3.63) is 23.8 Å². The Kier molecular flexibility index (Phi) is 8.92. The first kappa shape index (κ1) is 22.4. The third kappa shape index (κ3) is 6.04. The molecule has 0 spiro atoms. The number of morpholine rings is 1. The Balaban J connectivity index is 2.08. The monoisotopic (exact) mass is 400 g/mol. The highest BCUT2D eigenvalue weighted by Crippen LogP contribution is 2.29. The van der Waals surface area contributed by atoms with E-state index in [2.05, 4.69) is 28.8 Å². The van der Waals surface area contributed by atoms with Crippen molar-refractivity contribution in [1.82, 2.24) is 10.2 Å². The minimum Gasteiger partial charge on any atom is -0.493 e. The van der Waals surface area contributed by atoms with E-state index in [1.807, 2.05) is 0 Å². The van der Waals surface area contributed by atoms with E-state index in [4.69, 9.17) is 9.47 Å². The van der Waals surface area contributed by atoms with Crippen LogP contribution >= 0.6 is 0 Å². The third-order valence-electron chi connectivity index (χ3n) is 5.22. The summed E-state index contributed by atoms with van der Waals surface area (Å²) in [5.74, 6) is 0.118. The minimum atomic E-state index is -2.99. The largest absolute Gasteiger partial charge is 0.493 e. The van der Waals surface area contributed by atoms with E-state index in [1.165, 1.54) is 25.3 Å². The van der Waals surface area contributed by atoms with Crippen molar-refractivity contribution >= 4 is 5.91 Å². The summed E-state index contributed by atoms with van der Waals surface area (Å²) in [5.41, 5.74) is 0.252. The Morgan fingerprint density at radius 2 is 1.89 bits per heavy atom. The van der Waals surface area contributed by atoms with Crippen molar-refractivity contribution in [2.75, 3.05) is 40.0 Å². The number of alkyl halides is 2. The first-order valence-corrected chi connectivity index (χ1v) is 9.72. The SMILES string of the molecule is CCC(CC)C(CNC(=O)c1ccc(OC)c(OC(F)F)c1)N1CCOCC1. The second-order valence-corrected chi connectivity index (χ2v) is 6.75. The predicted molar refractivity (Wildman–Crippen MR) is 102 cm³/mol. The third-order valence-corrected chi connectivity index (χ3v) is 5.22. The molecule has 1 atom stereocenters. The molecule has 6 nitrogen and oxygen atoms in total. The molecule has 0 aliphatic carbocycles. The van der Waals surface area contributed by atoms with Crippen LogP contribution in [0.25, 0.3) is 0 Å². The molecule has 1 saturated heterocycles. The van der Waals surface area contributed by atoms with E-state index in [0.29, 0.717) is 25.7 Å². The Bertz CT molecular complexity index is 620. The van der Waals surface area contributed by atoms with E-state index < -0.39 is 6.61 Å². The van der Waals surface area contributed by atoms with Gasteiger partial charge in [0.15, 0.2) is 11.5 Å². The van der Waals surface area contributed by atoms with Gasteiger partial charge in [-0.25, -0.2) is 0 Å². The maximum atomic E-state index is 12.6. The number of benzene rings is 1. The van der Waals surface area contributed by atoms with Crippen LogP contribution in [-0.2, 0) is 4.74 Å². The highest BCUT2D eigenvalue weighted by atomic mass is 19.3. The number of halogens is 2. The van der Waals surface area contributed by atoms with Crippen LogP contribution in [0.5, 0.6) is 11.5 Å². The molecule has 28 heavy (non-hydrogen) atoms. The summed E-state index contributed by atoms with van der Waals surface area (Å²) in [6.07, 6.45) is 2.03. The molecular formula is C20H30F2N2O4. The molecule has 1 fully saturated rings. The van der Waals surface area contributed by atoms with Crippen molar-refractivity contribution in [1.29, 1.82) is 0 Å². The van der Waals surface area contributed by atoms with Gasteiger partial charge in [-0.3, -0.25) is 9.69 Å². The predicted octanol–water partition coefficient (Wildman–Crippen LogP) is 3.16. The number of nitrogens with zero attached hydrogens (tertiary/aromatic N) is 1. The number of carbonyl (C=O) groups excluding carboxylic acids is 1. The molecule has 1 unspecified atom stereocenters. The summed E-state index contributed by atoms with van der Waals surface area (Å²) < 4.78 is 40.1. The van der Waals surface area contributed by atoms with Crippen LogP contribution in [0.15, 0.2) is 18.2 Å². The molecule has 1 N–H and O–H groups in total. The number of nitrogens with one attached hydrogen (secondary N) is 1. The summed E-state index contributed by atoms with van der Waals surface area (Å²) >= 11 is 0. The zero-order valence-corrected chi connectivity index (χ0v) is 16.7. The van der Waals surface area contributed by atoms with Crippen LogP contribution in [0.4, 0.5) is 8.78 Å². The summed E-state index contributed by atoms with van der Waals surface area (Å²) in [6.45, 7) is 4.87. The van der Waals surface area contributed by atoms with Crippen molar-refractivity contribution in [2.24, 2.45) is 5.92 Å². The molecule has 0 aromatic heterocycles. The number of carbonyl (C=O) groups is 1. The van der Waals surface area contributed by atoms with Gasteiger partial charge in [0.05, 0.1) is 20.3 Å². The van der Waals surface area contributed by atoms with Gasteiger partial charge in [0.1, 0.15) is 0 Å². The summed E-state index contributed by atoms with van der Waals surface area (Å²) in [5, 5.41) is 2.96. The lowest BCUT2D eigenvalue weighted by atomic mass is 9.92.